The molecule has 3 heteroatoms. The van der Waals surface area contributed by atoms with E-state index in [1.165, 1.54) is 12.8 Å². The number of hydrogen-bond donors (Lipinski definition) is 2. The highest BCUT2D eigenvalue weighted by molar-refractivity contribution is 5.49. The van der Waals surface area contributed by atoms with Crippen LogP contribution in [0.3, 0.4) is 0 Å². The van der Waals surface area contributed by atoms with Crippen LogP contribution in [0.1, 0.15) is 44.7 Å². The molecule has 0 unspecified atom stereocenters. The van der Waals surface area contributed by atoms with Crippen LogP contribution in [0.2, 0.25) is 0 Å². The lowest BCUT2D eigenvalue weighted by Gasteiger charge is -2.26. The van der Waals surface area contributed by atoms with Gasteiger partial charge in [-0.25, -0.2) is 0 Å². The van der Waals surface area contributed by atoms with E-state index in [-0.39, 0.29) is 5.41 Å². The summed E-state index contributed by atoms with van der Waals surface area (Å²) in [7, 11) is 1.69. The Balaban J connectivity index is 2.31. The molecule has 112 valence electrons. The minimum atomic E-state index is -0.0819. The van der Waals surface area contributed by atoms with Gasteiger partial charge < -0.3 is 15.2 Å². The molecular weight excluding hydrogens is 250 g/mol. The summed E-state index contributed by atoms with van der Waals surface area (Å²) in [6, 6.07) is 3.95. The molecule has 0 atom stereocenters. The molecule has 0 aliphatic carbocycles. The first kappa shape index (κ1) is 15.2. The Labute approximate surface area is 122 Å². The van der Waals surface area contributed by atoms with Crippen molar-refractivity contribution < 1.29 is 9.84 Å². The summed E-state index contributed by atoms with van der Waals surface area (Å²) in [6.45, 7) is 8.53. The largest absolute Gasteiger partial charge is 0.507 e. The fraction of sp³-hybridized carbons (Fsp3) is 0.647. The quantitative estimate of drug-likeness (QED) is 0.891. The van der Waals surface area contributed by atoms with Gasteiger partial charge in [-0.3, -0.25) is 0 Å². The predicted octanol–water partition coefficient (Wildman–Crippen LogP) is 3.24. The van der Waals surface area contributed by atoms with E-state index in [1.807, 2.05) is 12.1 Å². The van der Waals surface area contributed by atoms with E-state index >= 15 is 0 Å². The maximum Gasteiger partial charge on any atom is 0.122 e. The van der Waals surface area contributed by atoms with Gasteiger partial charge in [-0.1, -0.05) is 20.8 Å². The SMILES string of the molecule is COc1cc(CC2CCNCC2)c(O)c(C(C)(C)C)c1. The third kappa shape index (κ3) is 3.45. The highest BCUT2D eigenvalue weighted by Gasteiger charge is 2.23. The Bertz CT molecular complexity index is 457. The molecule has 0 amide bonds. The first-order valence-corrected chi connectivity index (χ1v) is 7.53. The Hall–Kier alpha value is -1.22. The Kier molecular flexibility index (Phi) is 4.59. The van der Waals surface area contributed by atoms with Crippen molar-refractivity contribution in [3.05, 3.63) is 23.3 Å². The number of piperidine rings is 1. The van der Waals surface area contributed by atoms with E-state index in [2.05, 4.69) is 26.1 Å². The van der Waals surface area contributed by atoms with Gasteiger partial charge in [-0.2, -0.15) is 0 Å². The topological polar surface area (TPSA) is 41.5 Å². The molecule has 1 heterocycles. The Morgan fingerprint density at radius 2 is 1.90 bits per heavy atom. The summed E-state index contributed by atoms with van der Waals surface area (Å²) in [4.78, 5) is 0. The van der Waals surface area contributed by atoms with Crippen molar-refractivity contribution >= 4 is 0 Å². The van der Waals surface area contributed by atoms with Crippen LogP contribution in [-0.2, 0) is 11.8 Å². The number of phenols is 1. The van der Waals surface area contributed by atoms with Crippen LogP contribution in [-0.4, -0.2) is 25.3 Å². The number of phenolic OH excluding ortho intramolecular Hbond substituents is 1. The van der Waals surface area contributed by atoms with Crippen LogP contribution in [0.25, 0.3) is 0 Å². The van der Waals surface area contributed by atoms with Gasteiger partial charge in [0.1, 0.15) is 11.5 Å². The van der Waals surface area contributed by atoms with E-state index in [4.69, 9.17) is 4.74 Å². The maximum atomic E-state index is 10.6. The number of hydrogen-bond acceptors (Lipinski definition) is 3. The van der Waals surface area contributed by atoms with Gasteiger partial charge in [0.2, 0.25) is 0 Å². The van der Waals surface area contributed by atoms with Crippen LogP contribution in [0.4, 0.5) is 0 Å². The van der Waals surface area contributed by atoms with E-state index < -0.39 is 0 Å². The minimum absolute atomic E-state index is 0.0819. The second-order valence-electron chi connectivity index (χ2n) is 6.83. The fourth-order valence-electron chi connectivity index (χ4n) is 2.91. The van der Waals surface area contributed by atoms with Gasteiger partial charge in [-0.05, 0) is 61.4 Å². The van der Waals surface area contributed by atoms with Gasteiger partial charge in [0, 0.05) is 5.56 Å². The normalized spacial score (nSPS) is 17.2. The number of aromatic hydroxyl groups is 1. The average molecular weight is 277 g/mol. The molecule has 2 rings (SSSR count). The van der Waals surface area contributed by atoms with Crippen LogP contribution in [0, 0.1) is 5.92 Å². The van der Waals surface area contributed by atoms with Crippen molar-refractivity contribution in [2.75, 3.05) is 20.2 Å². The lowest BCUT2D eigenvalue weighted by Crippen LogP contribution is -2.28. The number of benzene rings is 1. The molecule has 1 aromatic carbocycles. The molecular formula is C17H27NO2. The minimum Gasteiger partial charge on any atom is -0.507 e. The lowest BCUT2D eigenvalue weighted by atomic mass is 9.82. The molecule has 0 spiro atoms. The van der Waals surface area contributed by atoms with Crippen molar-refractivity contribution in [2.45, 2.75) is 45.4 Å². The zero-order valence-corrected chi connectivity index (χ0v) is 13.1. The van der Waals surface area contributed by atoms with Crippen molar-refractivity contribution in [2.24, 2.45) is 5.92 Å². The number of nitrogens with one attached hydrogen (secondary N) is 1. The van der Waals surface area contributed by atoms with Gasteiger partial charge in [0.15, 0.2) is 0 Å². The first-order chi connectivity index (χ1) is 9.41. The van der Waals surface area contributed by atoms with Crippen LogP contribution in [0.15, 0.2) is 12.1 Å². The number of ether oxygens (including phenoxy) is 1. The molecule has 1 aliphatic rings. The predicted molar refractivity (Wildman–Crippen MR) is 82.7 cm³/mol. The standard InChI is InChI=1S/C17H27NO2/c1-17(2,3)15-11-14(20-4)10-13(16(15)19)9-12-5-7-18-8-6-12/h10-12,18-19H,5-9H2,1-4H3. The van der Waals surface area contributed by atoms with Crippen LogP contribution >= 0.6 is 0 Å². The summed E-state index contributed by atoms with van der Waals surface area (Å²) in [6.07, 6.45) is 3.30. The molecule has 0 aromatic heterocycles. The average Bonchev–Trinajstić information content (AvgIpc) is 2.41. The molecule has 1 saturated heterocycles. The zero-order chi connectivity index (χ0) is 14.8. The molecule has 0 saturated carbocycles. The molecule has 1 aromatic rings. The third-order valence-electron chi connectivity index (χ3n) is 4.17. The van der Waals surface area contributed by atoms with Crippen molar-refractivity contribution in [1.29, 1.82) is 0 Å². The number of methoxy groups -OCH3 is 1. The molecule has 2 N–H and O–H groups in total. The van der Waals surface area contributed by atoms with Crippen LogP contribution < -0.4 is 10.1 Å². The summed E-state index contributed by atoms with van der Waals surface area (Å²) in [5.41, 5.74) is 1.92. The van der Waals surface area contributed by atoms with Crippen LogP contribution in [0.5, 0.6) is 11.5 Å². The molecule has 0 radical (unpaired) electrons. The second-order valence-corrected chi connectivity index (χ2v) is 6.83. The highest BCUT2D eigenvalue weighted by Crippen LogP contribution is 2.38. The van der Waals surface area contributed by atoms with E-state index in [9.17, 15) is 5.11 Å². The lowest BCUT2D eigenvalue weighted by molar-refractivity contribution is 0.361. The van der Waals surface area contributed by atoms with Crippen molar-refractivity contribution in [3.63, 3.8) is 0 Å². The molecule has 1 fully saturated rings. The first-order valence-electron chi connectivity index (χ1n) is 7.53. The Morgan fingerprint density at radius 3 is 2.45 bits per heavy atom. The summed E-state index contributed by atoms with van der Waals surface area (Å²) in [5, 5.41) is 14.0. The molecule has 20 heavy (non-hydrogen) atoms. The van der Waals surface area contributed by atoms with Crippen molar-refractivity contribution in [1.82, 2.24) is 5.32 Å². The smallest absolute Gasteiger partial charge is 0.122 e. The van der Waals surface area contributed by atoms with Gasteiger partial charge >= 0.3 is 0 Å². The fourth-order valence-corrected chi connectivity index (χ4v) is 2.91. The second kappa shape index (κ2) is 6.04. The van der Waals surface area contributed by atoms with E-state index in [0.717, 1.165) is 36.4 Å². The van der Waals surface area contributed by atoms with Gasteiger partial charge in [-0.15, -0.1) is 0 Å². The monoisotopic (exact) mass is 277 g/mol. The van der Waals surface area contributed by atoms with Gasteiger partial charge in [0.05, 0.1) is 7.11 Å². The third-order valence-corrected chi connectivity index (χ3v) is 4.17. The molecule has 0 bridgehead atoms. The van der Waals surface area contributed by atoms with Crippen molar-refractivity contribution in [3.8, 4) is 11.5 Å². The Morgan fingerprint density at radius 1 is 1.25 bits per heavy atom. The maximum absolute atomic E-state index is 10.6. The highest BCUT2D eigenvalue weighted by atomic mass is 16.5. The molecule has 3 nitrogen and oxygen atoms in total. The van der Waals surface area contributed by atoms with E-state index in [0.29, 0.717) is 11.7 Å². The number of rotatable bonds is 3. The zero-order valence-electron chi connectivity index (χ0n) is 13.1. The molecule has 1 aliphatic heterocycles. The summed E-state index contributed by atoms with van der Waals surface area (Å²) < 4.78 is 5.41. The summed E-state index contributed by atoms with van der Waals surface area (Å²) in [5.74, 6) is 1.95. The van der Waals surface area contributed by atoms with Gasteiger partial charge in [0.25, 0.3) is 0 Å². The van der Waals surface area contributed by atoms with E-state index in [1.54, 1.807) is 7.11 Å². The summed E-state index contributed by atoms with van der Waals surface area (Å²) >= 11 is 0.